The molecule has 0 aliphatic rings. The second-order valence-electron chi connectivity index (χ2n) is 4.44. The van der Waals surface area contributed by atoms with E-state index in [2.05, 4.69) is 4.98 Å². The van der Waals surface area contributed by atoms with Gasteiger partial charge in [0, 0.05) is 26.3 Å². The van der Waals surface area contributed by atoms with Gasteiger partial charge in [0.1, 0.15) is 5.69 Å². The van der Waals surface area contributed by atoms with Gasteiger partial charge in [0.2, 0.25) is 0 Å². The molecule has 1 N–H and O–H groups in total. The predicted octanol–water partition coefficient (Wildman–Crippen LogP) is 1.38. The van der Waals surface area contributed by atoms with Gasteiger partial charge in [0.25, 0.3) is 5.56 Å². The van der Waals surface area contributed by atoms with Crippen LogP contribution in [0.5, 0.6) is 0 Å². The first-order valence-electron chi connectivity index (χ1n) is 5.62. The van der Waals surface area contributed by atoms with Crippen LogP contribution in [0, 0.1) is 0 Å². The van der Waals surface area contributed by atoms with Crippen molar-refractivity contribution >= 4 is 18.4 Å². The zero-order valence-corrected chi connectivity index (χ0v) is 11.2. The molecule has 18 heavy (non-hydrogen) atoms. The molecule has 0 spiro atoms. The number of aryl methyl sites for hydroxylation is 2. The Labute approximate surface area is 105 Å². The van der Waals surface area contributed by atoms with E-state index in [4.69, 9.17) is 0 Å². The van der Waals surface area contributed by atoms with Crippen molar-refractivity contribution in [2.24, 2.45) is 7.05 Å². The number of benzene rings is 1. The number of hydrogen-bond donors (Lipinski definition) is 1. The normalized spacial score (nSPS) is 14.6. The van der Waals surface area contributed by atoms with Gasteiger partial charge in [-0.2, -0.15) is 0 Å². The third kappa shape index (κ3) is 2.68. The maximum atomic E-state index is 12.0. The quantitative estimate of drug-likeness (QED) is 0.852. The number of hydrogen-bond acceptors (Lipinski definition) is 3. The van der Waals surface area contributed by atoms with E-state index in [0.717, 1.165) is 11.0 Å². The molecule has 0 fully saturated rings. The van der Waals surface area contributed by atoms with Crippen LogP contribution in [0.4, 0.5) is 0 Å². The Morgan fingerprint density at radius 2 is 2.06 bits per heavy atom. The second-order valence-corrected chi connectivity index (χ2v) is 6.99. The lowest BCUT2D eigenvalue weighted by Gasteiger charge is -2.08. The number of para-hydroxylation sites is 2. The molecule has 6 heteroatoms. The first kappa shape index (κ1) is 13.0. The fourth-order valence-corrected chi connectivity index (χ4v) is 2.44. The van der Waals surface area contributed by atoms with Gasteiger partial charge in [-0.05, 0) is 12.1 Å². The molecule has 1 heterocycles. The maximum Gasteiger partial charge on any atom is 0.272 e. The molecule has 5 nitrogen and oxygen atoms in total. The maximum absolute atomic E-state index is 12.0. The van der Waals surface area contributed by atoms with Gasteiger partial charge in [0.05, 0.1) is 11.0 Å². The minimum atomic E-state index is -3.11. The standard InChI is InChI=1S/C12H15N2O3P/c1-14-11-6-4-3-5-9(11)13-10(12(14)15)7-8-18(2,16)17/h3-6H,7-8H2,1-2H3,(H,16,17). The third-order valence-electron chi connectivity index (χ3n) is 2.81. The van der Waals surface area contributed by atoms with Crippen molar-refractivity contribution in [1.82, 2.24) is 9.55 Å². The molecule has 1 aromatic heterocycles. The molecule has 0 aliphatic heterocycles. The summed E-state index contributed by atoms with van der Waals surface area (Å²) in [6, 6.07) is 7.34. The predicted molar refractivity (Wildman–Crippen MR) is 71.3 cm³/mol. The molecule has 0 amide bonds. The van der Waals surface area contributed by atoms with Gasteiger partial charge in [-0.1, -0.05) is 12.1 Å². The van der Waals surface area contributed by atoms with Crippen LogP contribution >= 0.6 is 7.37 Å². The first-order chi connectivity index (χ1) is 8.38. The molecule has 0 saturated carbocycles. The molecule has 0 radical (unpaired) electrons. The van der Waals surface area contributed by atoms with Crippen molar-refractivity contribution in [1.29, 1.82) is 0 Å². The topological polar surface area (TPSA) is 72.2 Å². The summed E-state index contributed by atoms with van der Waals surface area (Å²) in [5.74, 6) is 0. The van der Waals surface area contributed by atoms with Crippen LogP contribution in [0.15, 0.2) is 29.1 Å². The van der Waals surface area contributed by atoms with E-state index in [0.29, 0.717) is 5.69 Å². The highest BCUT2D eigenvalue weighted by molar-refractivity contribution is 7.57. The van der Waals surface area contributed by atoms with E-state index < -0.39 is 7.37 Å². The van der Waals surface area contributed by atoms with Crippen LogP contribution in [0.3, 0.4) is 0 Å². The Morgan fingerprint density at radius 1 is 1.39 bits per heavy atom. The number of rotatable bonds is 3. The highest BCUT2D eigenvalue weighted by Gasteiger charge is 2.14. The molecule has 2 aromatic rings. The smallest absolute Gasteiger partial charge is 0.272 e. The van der Waals surface area contributed by atoms with Gasteiger partial charge in [0.15, 0.2) is 7.37 Å². The zero-order valence-electron chi connectivity index (χ0n) is 10.3. The fraction of sp³-hybridized carbons (Fsp3) is 0.333. The molecular weight excluding hydrogens is 251 g/mol. The van der Waals surface area contributed by atoms with E-state index in [1.54, 1.807) is 7.05 Å². The molecule has 1 atom stereocenters. The van der Waals surface area contributed by atoms with Crippen LogP contribution < -0.4 is 5.56 Å². The molecule has 1 unspecified atom stereocenters. The van der Waals surface area contributed by atoms with Crippen molar-refractivity contribution < 1.29 is 9.46 Å². The van der Waals surface area contributed by atoms with E-state index in [9.17, 15) is 14.3 Å². The second kappa shape index (κ2) is 4.67. The van der Waals surface area contributed by atoms with Gasteiger partial charge >= 0.3 is 0 Å². The highest BCUT2D eigenvalue weighted by atomic mass is 31.2. The Hall–Kier alpha value is -1.45. The minimum absolute atomic E-state index is 0.0770. The molecule has 1 aromatic carbocycles. The van der Waals surface area contributed by atoms with Crippen molar-refractivity contribution in [3.63, 3.8) is 0 Å². The molecule has 0 aliphatic carbocycles. The summed E-state index contributed by atoms with van der Waals surface area (Å²) in [4.78, 5) is 25.6. The number of fused-ring (bicyclic) bond motifs is 1. The molecule has 2 rings (SSSR count). The number of nitrogens with zero attached hydrogens (tertiary/aromatic N) is 2. The highest BCUT2D eigenvalue weighted by Crippen LogP contribution is 2.35. The third-order valence-corrected chi connectivity index (χ3v) is 3.87. The lowest BCUT2D eigenvalue weighted by atomic mass is 10.2. The van der Waals surface area contributed by atoms with Gasteiger partial charge < -0.3 is 9.46 Å². The molecule has 0 saturated heterocycles. The molecule has 0 bridgehead atoms. The lowest BCUT2D eigenvalue weighted by molar-refractivity contribution is 0.484. The van der Waals surface area contributed by atoms with Crippen LogP contribution in [0.25, 0.3) is 11.0 Å². The van der Waals surface area contributed by atoms with Crippen LogP contribution in [-0.2, 0) is 18.0 Å². The van der Waals surface area contributed by atoms with E-state index in [-0.39, 0.29) is 18.1 Å². The Balaban J connectivity index is 2.49. The van der Waals surface area contributed by atoms with Gasteiger partial charge in [-0.25, -0.2) is 4.98 Å². The van der Waals surface area contributed by atoms with Crippen molar-refractivity contribution in [3.8, 4) is 0 Å². The molecule has 96 valence electrons. The summed E-state index contributed by atoms with van der Waals surface area (Å²) >= 11 is 0. The largest absolute Gasteiger partial charge is 0.344 e. The van der Waals surface area contributed by atoms with Crippen LogP contribution in [-0.4, -0.2) is 27.3 Å². The summed E-state index contributed by atoms with van der Waals surface area (Å²) in [5.41, 5.74) is 1.61. The SMILES string of the molecule is Cn1c(=O)c(CCP(C)(=O)O)nc2ccccc21. The summed E-state index contributed by atoms with van der Waals surface area (Å²) < 4.78 is 12.8. The average molecular weight is 266 g/mol. The van der Waals surface area contributed by atoms with Crippen LogP contribution in [0.2, 0.25) is 0 Å². The van der Waals surface area contributed by atoms with Crippen molar-refractivity contribution in [2.75, 3.05) is 12.8 Å². The zero-order chi connectivity index (χ0) is 13.3. The minimum Gasteiger partial charge on any atom is -0.344 e. The fourth-order valence-electron chi connectivity index (χ4n) is 1.81. The summed E-state index contributed by atoms with van der Waals surface area (Å²) in [5, 5.41) is 0. The number of aromatic nitrogens is 2. The Morgan fingerprint density at radius 3 is 2.72 bits per heavy atom. The monoisotopic (exact) mass is 266 g/mol. The van der Waals surface area contributed by atoms with E-state index in [1.165, 1.54) is 11.2 Å². The summed E-state index contributed by atoms with van der Waals surface area (Å²) in [7, 11) is -1.43. The van der Waals surface area contributed by atoms with Crippen LogP contribution in [0.1, 0.15) is 5.69 Å². The first-order valence-corrected chi connectivity index (χ1v) is 7.91. The summed E-state index contributed by atoms with van der Waals surface area (Å²) in [6.07, 6.45) is 0.301. The van der Waals surface area contributed by atoms with Crippen molar-refractivity contribution in [2.45, 2.75) is 6.42 Å². The van der Waals surface area contributed by atoms with Gasteiger partial charge in [-0.3, -0.25) is 9.36 Å². The lowest BCUT2D eigenvalue weighted by Crippen LogP contribution is -2.24. The van der Waals surface area contributed by atoms with Gasteiger partial charge in [-0.15, -0.1) is 0 Å². The Kier molecular flexibility index (Phi) is 3.37. The van der Waals surface area contributed by atoms with Crippen molar-refractivity contribution in [3.05, 3.63) is 40.3 Å². The summed E-state index contributed by atoms with van der Waals surface area (Å²) in [6.45, 7) is 1.29. The Bertz CT molecular complexity index is 687. The average Bonchev–Trinajstić information content (AvgIpc) is 2.31. The molecular formula is C12H15N2O3P. The van der Waals surface area contributed by atoms with E-state index in [1.807, 2.05) is 24.3 Å². The van der Waals surface area contributed by atoms with E-state index >= 15 is 0 Å².